The monoisotopic (exact) mass is 480 g/mol. The molecule has 0 unspecified atom stereocenters. The maximum atomic E-state index is 14.3. The number of hydrogen-bond acceptors (Lipinski definition) is 7. The molecular weight excluding hydrogens is 455 g/mol. The second-order valence-electron chi connectivity index (χ2n) is 7.24. The highest BCUT2D eigenvalue weighted by Gasteiger charge is 2.27. The van der Waals surface area contributed by atoms with E-state index in [1.54, 1.807) is 19.9 Å². The molecule has 0 aliphatic carbocycles. The molecule has 1 amide bonds. The Labute approximate surface area is 191 Å². The van der Waals surface area contributed by atoms with Gasteiger partial charge in [-0.15, -0.1) is 0 Å². The molecule has 0 radical (unpaired) electrons. The highest BCUT2D eigenvalue weighted by Crippen LogP contribution is 2.29. The van der Waals surface area contributed by atoms with E-state index in [1.165, 1.54) is 16.4 Å². The second kappa shape index (κ2) is 10.2. The summed E-state index contributed by atoms with van der Waals surface area (Å²) in [5.41, 5.74) is -0.298. The number of hydrogen-bond donors (Lipinski definition) is 1. The van der Waals surface area contributed by atoms with Gasteiger partial charge in [-0.1, -0.05) is 13.8 Å². The van der Waals surface area contributed by atoms with E-state index in [4.69, 9.17) is 4.74 Å². The molecule has 0 saturated carbocycles. The minimum absolute atomic E-state index is 0.0102. The Balaban J connectivity index is 2.06. The van der Waals surface area contributed by atoms with Gasteiger partial charge >= 0.3 is 0 Å². The van der Waals surface area contributed by atoms with Crippen LogP contribution in [0.15, 0.2) is 41.3 Å². The SMILES string of the molecule is CCN(CC)S(=O)(=O)c1ccc(N2CCOCC2)c(C(=O)Nc2cc([N+](=O)[O-])ccc2F)c1. The lowest BCUT2D eigenvalue weighted by molar-refractivity contribution is -0.384. The Morgan fingerprint density at radius 1 is 1.18 bits per heavy atom. The summed E-state index contributed by atoms with van der Waals surface area (Å²) in [4.78, 5) is 25.3. The number of halogens is 1. The van der Waals surface area contributed by atoms with E-state index in [0.717, 1.165) is 18.2 Å². The normalized spacial score (nSPS) is 14.4. The van der Waals surface area contributed by atoms with Gasteiger partial charge in [0.25, 0.3) is 11.6 Å². The van der Waals surface area contributed by atoms with Gasteiger partial charge in [-0.2, -0.15) is 4.31 Å². The lowest BCUT2D eigenvalue weighted by Gasteiger charge is -2.30. The van der Waals surface area contributed by atoms with Crippen molar-refractivity contribution < 1.29 is 27.3 Å². The van der Waals surface area contributed by atoms with Crippen molar-refractivity contribution in [2.75, 3.05) is 49.6 Å². The van der Waals surface area contributed by atoms with E-state index in [1.807, 2.05) is 4.90 Å². The molecule has 0 atom stereocenters. The highest BCUT2D eigenvalue weighted by atomic mass is 32.2. The molecule has 1 aliphatic heterocycles. The predicted molar refractivity (Wildman–Crippen MR) is 121 cm³/mol. The minimum atomic E-state index is -3.86. The Hall–Kier alpha value is -3.09. The molecule has 0 bridgehead atoms. The van der Waals surface area contributed by atoms with Crippen LogP contribution in [-0.2, 0) is 14.8 Å². The van der Waals surface area contributed by atoms with Gasteiger partial charge in [0.2, 0.25) is 10.0 Å². The number of sulfonamides is 1. The van der Waals surface area contributed by atoms with E-state index in [9.17, 15) is 27.7 Å². The van der Waals surface area contributed by atoms with Gasteiger partial charge in [0.05, 0.1) is 34.3 Å². The number of ether oxygens (including phenoxy) is 1. The van der Waals surface area contributed by atoms with Crippen molar-refractivity contribution in [3.05, 3.63) is 57.9 Å². The smallest absolute Gasteiger partial charge is 0.271 e. The van der Waals surface area contributed by atoms with Gasteiger partial charge in [0.15, 0.2) is 0 Å². The summed E-state index contributed by atoms with van der Waals surface area (Å²) >= 11 is 0. The molecule has 1 fully saturated rings. The number of carbonyl (C=O) groups excluding carboxylic acids is 1. The first-order chi connectivity index (χ1) is 15.7. The van der Waals surface area contributed by atoms with Crippen LogP contribution in [-0.4, -0.2) is 62.9 Å². The van der Waals surface area contributed by atoms with Crippen LogP contribution in [0.2, 0.25) is 0 Å². The van der Waals surface area contributed by atoms with Gasteiger partial charge in [-0.25, -0.2) is 12.8 Å². The van der Waals surface area contributed by atoms with Crippen LogP contribution in [0.3, 0.4) is 0 Å². The number of non-ortho nitro benzene ring substituents is 1. The first-order valence-corrected chi connectivity index (χ1v) is 11.8. The summed E-state index contributed by atoms with van der Waals surface area (Å²) in [6, 6.07) is 7.02. The maximum absolute atomic E-state index is 14.3. The number of amides is 1. The van der Waals surface area contributed by atoms with Crippen LogP contribution in [0.1, 0.15) is 24.2 Å². The third-order valence-electron chi connectivity index (χ3n) is 5.32. The van der Waals surface area contributed by atoms with Crippen LogP contribution in [0.5, 0.6) is 0 Å². The molecule has 1 N–H and O–H groups in total. The number of nitro groups is 1. The first kappa shape index (κ1) is 24.6. The summed E-state index contributed by atoms with van der Waals surface area (Å²) in [6.07, 6.45) is 0. The Bertz CT molecular complexity index is 1150. The number of anilines is 2. The van der Waals surface area contributed by atoms with Crippen molar-refractivity contribution in [1.29, 1.82) is 0 Å². The summed E-state index contributed by atoms with van der Waals surface area (Å²) in [5, 5.41) is 13.4. The molecule has 12 heteroatoms. The van der Waals surface area contributed by atoms with Crippen LogP contribution < -0.4 is 10.2 Å². The van der Waals surface area contributed by atoms with Crippen molar-refractivity contribution in [3.8, 4) is 0 Å². The molecule has 2 aromatic carbocycles. The van der Waals surface area contributed by atoms with E-state index >= 15 is 0 Å². The number of nitrogens with zero attached hydrogens (tertiary/aromatic N) is 3. The van der Waals surface area contributed by atoms with Crippen molar-refractivity contribution in [3.63, 3.8) is 0 Å². The Morgan fingerprint density at radius 2 is 1.85 bits per heavy atom. The van der Waals surface area contributed by atoms with Crippen molar-refractivity contribution in [2.45, 2.75) is 18.7 Å². The van der Waals surface area contributed by atoms with Gasteiger partial charge in [-0.05, 0) is 24.3 Å². The highest BCUT2D eigenvalue weighted by molar-refractivity contribution is 7.89. The molecule has 10 nitrogen and oxygen atoms in total. The van der Waals surface area contributed by atoms with Crippen LogP contribution >= 0.6 is 0 Å². The number of rotatable bonds is 8. The fraction of sp³-hybridized carbons (Fsp3) is 0.381. The van der Waals surface area contributed by atoms with Gasteiger partial charge in [-0.3, -0.25) is 14.9 Å². The van der Waals surface area contributed by atoms with E-state index < -0.39 is 32.4 Å². The van der Waals surface area contributed by atoms with Crippen molar-refractivity contribution in [2.24, 2.45) is 0 Å². The Morgan fingerprint density at radius 3 is 2.45 bits per heavy atom. The van der Waals surface area contributed by atoms with Crippen molar-refractivity contribution >= 4 is 33.0 Å². The first-order valence-electron chi connectivity index (χ1n) is 10.4. The molecule has 3 rings (SSSR count). The van der Waals surface area contributed by atoms with Crippen molar-refractivity contribution in [1.82, 2.24) is 4.31 Å². The average molecular weight is 481 g/mol. The zero-order valence-corrected chi connectivity index (χ0v) is 19.1. The molecule has 178 valence electrons. The number of nitrogens with one attached hydrogen (secondary N) is 1. The lowest BCUT2D eigenvalue weighted by Crippen LogP contribution is -2.37. The molecule has 1 aliphatic rings. The standard InChI is InChI=1S/C21H25FN4O6S/c1-3-25(4-2)33(30,31)16-6-8-20(24-9-11-32-12-10-24)17(14-16)21(27)23-19-13-15(26(28)29)5-7-18(19)22/h5-8,13-14H,3-4,9-12H2,1-2H3,(H,23,27). The van der Waals surface area contributed by atoms with Gasteiger partial charge in [0.1, 0.15) is 5.82 Å². The van der Waals surface area contributed by atoms with E-state index in [-0.39, 0.29) is 29.2 Å². The zero-order valence-electron chi connectivity index (χ0n) is 18.3. The molecule has 0 spiro atoms. The van der Waals surface area contributed by atoms with E-state index in [0.29, 0.717) is 32.0 Å². The summed E-state index contributed by atoms with van der Waals surface area (Å²) in [7, 11) is -3.86. The van der Waals surface area contributed by atoms with E-state index in [2.05, 4.69) is 5.32 Å². The van der Waals surface area contributed by atoms with Gasteiger partial charge < -0.3 is 15.0 Å². The fourth-order valence-electron chi connectivity index (χ4n) is 3.56. The van der Waals surface area contributed by atoms with Crippen LogP contribution in [0.25, 0.3) is 0 Å². The second-order valence-corrected chi connectivity index (χ2v) is 9.18. The number of nitro benzene ring substituents is 1. The molecule has 1 saturated heterocycles. The number of carbonyl (C=O) groups is 1. The molecular formula is C21H25FN4O6S. The van der Waals surface area contributed by atoms with Crippen LogP contribution in [0, 0.1) is 15.9 Å². The van der Waals surface area contributed by atoms with Crippen LogP contribution in [0.4, 0.5) is 21.5 Å². The quantitative estimate of drug-likeness (QED) is 0.455. The summed E-state index contributed by atoms with van der Waals surface area (Å²) in [6.45, 7) is 5.75. The fourth-order valence-corrected chi connectivity index (χ4v) is 5.05. The lowest BCUT2D eigenvalue weighted by atomic mass is 10.1. The Kier molecular flexibility index (Phi) is 7.61. The summed E-state index contributed by atoms with van der Waals surface area (Å²) < 4.78 is 46.9. The molecule has 33 heavy (non-hydrogen) atoms. The predicted octanol–water partition coefficient (Wildman–Crippen LogP) is 2.85. The number of morpholine rings is 1. The maximum Gasteiger partial charge on any atom is 0.271 e. The number of benzene rings is 2. The topological polar surface area (TPSA) is 122 Å². The third-order valence-corrected chi connectivity index (χ3v) is 7.36. The molecule has 1 heterocycles. The average Bonchev–Trinajstić information content (AvgIpc) is 2.81. The largest absolute Gasteiger partial charge is 0.378 e. The minimum Gasteiger partial charge on any atom is -0.378 e. The third kappa shape index (κ3) is 5.29. The zero-order chi connectivity index (χ0) is 24.2. The molecule has 2 aromatic rings. The summed E-state index contributed by atoms with van der Waals surface area (Å²) in [5.74, 6) is -1.64. The molecule has 0 aromatic heterocycles. The van der Waals surface area contributed by atoms with Gasteiger partial charge in [0, 0.05) is 44.0 Å².